The van der Waals surface area contributed by atoms with E-state index in [1.807, 2.05) is 51.1 Å². The van der Waals surface area contributed by atoms with E-state index < -0.39 is 0 Å². The third-order valence-electron chi connectivity index (χ3n) is 3.04. The van der Waals surface area contributed by atoms with Crippen molar-refractivity contribution in [1.29, 1.82) is 0 Å². The molecule has 2 aromatic carbocycles. The molecule has 0 aliphatic heterocycles. The van der Waals surface area contributed by atoms with Crippen LogP contribution < -0.4 is 4.74 Å². The summed E-state index contributed by atoms with van der Waals surface area (Å²) in [6.07, 6.45) is 0. The van der Waals surface area contributed by atoms with Crippen LogP contribution in [0.1, 0.15) is 22.3 Å². The number of hydrogen-bond acceptors (Lipinski definition) is 1. The first-order valence-corrected chi connectivity index (χ1v) is 7.02. The van der Waals surface area contributed by atoms with Gasteiger partial charge >= 0.3 is 0 Å². The van der Waals surface area contributed by atoms with Crippen LogP contribution in [0.5, 0.6) is 11.5 Å². The SMILES string of the molecule is Cc1ccc(CCl)cc1Oc1c(C)cc(Cl)cc1C. The van der Waals surface area contributed by atoms with Gasteiger partial charge in [0.05, 0.1) is 0 Å². The van der Waals surface area contributed by atoms with Gasteiger partial charge in [0.2, 0.25) is 0 Å². The van der Waals surface area contributed by atoms with Crippen LogP contribution in [0.15, 0.2) is 30.3 Å². The average Bonchev–Trinajstić information content (AvgIpc) is 2.35. The normalized spacial score (nSPS) is 10.6. The van der Waals surface area contributed by atoms with Crippen molar-refractivity contribution in [1.82, 2.24) is 0 Å². The highest BCUT2D eigenvalue weighted by Crippen LogP contribution is 2.33. The lowest BCUT2D eigenvalue weighted by atomic mass is 10.1. The Hall–Kier alpha value is -1.18. The van der Waals surface area contributed by atoms with Crippen molar-refractivity contribution in [3.05, 3.63) is 57.6 Å². The van der Waals surface area contributed by atoms with Crippen LogP contribution in [0.3, 0.4) is 0 Å². The van der Waals surface area contributed by atoms with Crippen LogP contribution in [-0.4, -0.2) is 0 Å². The van der Waals surface area contributed by atoms with Crippen LogP contribution >= 0.6 is 23.2 Å². The Balaban J connectivity index is 2.41. The summed E-state index contributed by atoms with van der Waals surface area (Å²) in [6.45, 7) is 6.01. The second-order valence-corrected chi connectivity index (χ2v) is 5.41. The highest BCUT2D eigenvalue weighted by molar-refractivity contribution is 6.30. The number of alkyl halides is 1. The maximum Gasteiger partial charge on any atom is 0.133 e. The van der Waals surface area contributed by atoms with Crippen molar-refractivity contribution in [2.45, 2.75) is 26.7 Å². The van der Waals surface area contributed by atoms with Gasteiger partial charge in [-0.1, -0.05) is 23.7 Å². The molecular formula is C16H16Cl2O. The van der Waals surface area contributed by atoms with Crippen LogP contribution in [0.4, 0.5) is 0 Å². The second-order valence-electron chi connectivity index (χ2n) is 4.70. The molecule has 1 nitrogen and oxygen atoms in total. The third-order valence-corrected chi connectivity index (χ3v) is 3.57. The van der Waals surface area contributed by atoms with Crippen LogP contribution in [0.25, 0.3) is 0 Å². The molecule has 0 aliphatic rings. The van der Waals surface area contributed by atoms with E-state index in [9.17, 15) is 0 Å². The third kappa shape index (κ3) is 3.23. The van der Waals surface area contributed by atoms with E-state index in [1.54, 1.807) is 0 Å². The molecule has 0 bridgehead atoms. The molecule has 2 rings (SSSR count). The summed E-state index contributed by atoms with van der Waals surface area (Å²) >= 11 is 11.9. The fourth-order valence-electron chi connectivity index (χ4n) is 2.01. The van der Waals surface area contributed by atoms with Crippen molar-refractivity contribution >= 4 is 23.2 Å². The highest BCUT2D eigenvalue weighted by Gasteiger charge is 2.09. The molecule has 0 unspecified atom stereocenters. The smallest absolute Gasteiger partial charge is 0.133 e. The molecule has 0 aromatic heterocycles. The Bertz CT molecular complexity index is 583. The largest absolute Gasteiger partial charge is 0.457 e. The molecule has 0 N–H and O–H groups in total. The lowest BCUT2D eigenvalue weighted by molar-refractivity contribution is 0.471. The van der Waals surface area contributed by atoms with Gasteiger partial charge in [-0.2, -0.15) is 0 Å². The molecule has 3 heteroatoms. The Kier molecular flexibility index (Phi) is 4.38. The summed E-state index contributed by atoms with van der Waals surface area (Å²) in [5.74, 6) is 2.18. The maximum atomic E-state index is 6.05. The first-order chi connectivity index (χ1) is 9.01. The Morgan fingerprint density at radius 2 is 1.58 bits per heavy atom. The number of aryl methyl sites for hydroxylation is 3. The van der Waals surface area contributed by atoms with E-state index in [2.05, 4.69) is 0 Å². The molecule has 0 spiro atoms. The monoisotopic (exact) mass is 294 g/mol. The van der Waals surface area contributed by atoms with Gasteiger partial charge in [0, 0.05) is 10.9 Å². The minimum Gasteiger partial charge on any atom is -0.457 e. The molecule has 0 saturated heterocycles. The molecular weight excluding hydrogens is 279 g/mol. The Morgan fingerprint density at radius 3 is 2.16 bits per heavy atom. The van der Waals surface area contributed by atoms with E-state index in [-0.39, 0.29) is 0 Å². The van der Waals surface area contributed by atoms with Crippen LogP contribution in [0, 0.1) is 20.8 Å². The van der Waals surface area contributed by atoms with Crippen molar-refractivity contribution < 1.29 is 4.74 Å². The van der Waals surface area contributed by atoms with Gasteiger partial charge in [0.1, 0.15) is 11.5 Å². The quantitative estimate of drug-likeness (QED) is 0.650. The molecule has 0 radical (unpaired) electrons. The summed E-state index contributed by atoms with van der Waals surface area (Å²) in [5.41, 5.74) is 4.19. The molecule has 0 fully saturated rings. The predicted octanol–water partition coefficient (Wildman–Crippen LogP) is 5.80. The zero-order valence-electron chi connectivity index (χ0n) is 11.3. The first kappa shape index (κ1) is 14.2. The van der Waals surface area contributed by atoms with Gasteiger partial charge in [-0.05, 0) is 61.2 Å². The van der Waals surface area contributed by atoms with E-state index in [4.69, 9.17) is 27.9 Å². The van der Waals surface area contributed by atoms with Gasteiger partial charge in [-0.3, -0.25) is 0 Å². The van der Waals surface area contributed by atoms with Gasteiger partial charge in [-0.25, -0.2) is 0 Å². The molecule has 0 atom stereocenters. The Labute approximate surface area is 124 Å². The predicted molar refractivity (Wildman–Crippen MR) is 81.7 cm³/mol. The molecule has 0 heterocycles. The van der Waals surface area contributed by atoms with Crippen molar-refractivity contribution in [2.24, 2.45) is 0 Å². The fourth-order valence-corrected chi connectivity index (χ4v) is 2.50. The number of ether oxygens (including phenoxy) is 1. The maximum absolute atomic E-state index is 6.05. The lowest BCUT2D eigenvalue weighted by Crippen LogP contribution is -1.94. The van der Waals surface area contributed by atoms with Gasteiger partial charge in [0.15, 0.2) is 0 Å². The van der Waals surface area contributed by atoms with Crippen LogP contribution in [-0.2, 0) is 5.88 Å². The molecule has 2 aromatic rings. The van der Waals surface area contributed by atoms with E-state index in [0.717, 1.165) is 38.8 Å². The summed E-state index contributed by atoms with van der Waals surface area (Å²) in [5, 5.41) is 0.730. The zero-order valence-corrected chi connectivity index (χ0v) is 12.8. The van der Waals surface area contributed by atoms with Gasteiger partial charge in [-0.15, -0.1) is 11.6 Å². The summed E-state index contributed by atoms with van der Waals surface area (Å²) < 4.78 is 6.05. The minimum absolute atomic E-state index is 0.481. The molecule has 0 saturated carbocycles. The zero-order chi connectivity index (χ0) is 14.0. The minimum atomic E-state index is 0.481. The van der Waals surface area contributed by atoms with Crippen molar-refractivity contribution in [2.75, 3.05) is 0 Å². The van der Waals surface area contributed by atoms with E-state index in [0.29, 0.717) is 5.88 Å². The summed E-state index contributed by atoms with van der Waals surface area (Å²) in [6, 6.07) is 9.83. The number of benzene rings is 2. The van der Waals surface area contributed by atoms with Crippen molar-refractivity contribution in [3.63, 3.8) is 0 Å². The summed E-state index contributed by atoms with van der Waals surface area (Å²) in [4.78, 5) is 0. The summed E-state index contributed by atoms with van der Waals surface area (Å²) in [7, 11) is 0. The standard InChI is InChI=1S/C16H16Cl2O/c1-10-4-5-13(9-17)8-15(10)19-16-11(2)6-14(18)7-12(16)3/h4-8H,9H2,1-3H3. The highest BCUT2D eigenvalue weighted by atomic mass is 35.5. The molecule has 100 valence electrons. The number of hydrogen-bond donors (Lipinski definition) is 0. The molecule has 19 heavy (non-hydrogen) atoms. The lowest BCUT2D eigenvalue weighted by Gasteiger charge is -2.14. The molecule has 0 aliphatic carbocycles. The number of rotatable bonds is 3. The fraction of sp³-hybridized carbons (Fsp3) is 0.250. The van der Waals surface area contributed by atoms with Crippen LogP contribution in [0.2, 0.25) is 5.02 Å². The Morgan fingerprint density at radius 1 is 0.947 bits per heavy atom. The average molecular weight is 295 g/mol. The van der Waals surface area contributed by atoms with E-state index in [1.165, 1.54) is 0 Å². The second kappa shape index (κ2) is 5.85. The van der Waals surface area contributed by atoms with Gasteiger partial charge < -0.3 is 4.74 Å². The van der Waals surface area contributed by atoms with Gasteiger partial charge in [0.25, 0.3) is 0 Å². The first-order valence-electron chi connectivity index (χ1n) is 6.11. The topological polar surface area (TPSA) is 9.23 Å². The van der Waals surface area contributed by atoms with Crippen molar-refractivity contribution in [3.8, 4) is 11.5 Å². The molecule has 0 amide bonds. The van der Waals surface area contributed by atoms with E-state index >= 15 is 0 Å². The number of halogens is 2.